The smallest absolute Gasteiger partial charge is 0.274 e. The number of benzene rings is 1. The number of hydrogen-bond acceptors (Lipinski definition) is 5. The lowest BCUT2D eigenvalue weighted by Gasteiger charge is -2.34. The third-order valence-corrected chi connectivity index (χ3v) is 5.55. The first-order valence-corrected chi connectivity index (χ1v) is 10.0. The molecule has 1 amide bonds. The van der Waals surface area contributed by atoms with Gasteiger partial charge < -0.3 is 14.8 Å². The normalized spacial score (nSPS) is 19.0. The van der Waals surface area contributed by atoms with Gasteiger partial charge in [-0.05, 0) is 50.8 Å². The fraction of sp³-hybridized carbons (Fsp3) is 0.364. The zero-order chi connectivity index (χ0) is 20.2. The van der Waals surface area contributed by atoms with Crippen molar-refractivity contribution >= 4 is 11.7 Å². The van der Waals surface area contributed by atoms with E-state index in [0.29, 0.717) is 11.7 Å². The van der Waals surface area contributed by atoms with Gasteiger partial charge in [0.1, 0.15) is 23.7 Å². The lowest BCUT2D eigenvalue weighted by molar-refractivity contribution is 0.0687. The van der Waals surface area contributed by atoms with Crippen LogP contribution in [0.15, 0.2) is 55.1 Å². The third kappa shape index (κ3) is 4.45. The first kappa shape index (κ1) is 19.1. The molecule has 0 saturated heterocycles. The van der Waals surface area contributed by atoms with Gasteiger partial charge in [0.05, 0.1) is 0 Å². The Morgan fingerprint density at radius 1 is 1.10 bits per heavy atom. The summed E-state index contributed by atoms with van der Waals surface area (Å²) in [6.45, 7) is 1.89. The molecule has 1 saturated carbocycles. The van der Waals surface area contributed by atoms with Crippen LogP contribution in [0.3, 0.4) is 0 Å². The van der Waals surface area contributed by atoms with Crippen LogP contribution in [0.25, 0.3) is 5.69 Å². The van der Waals surface area contributed by atoms with Crippen molar-refractivity contribution in [1.29, 1.82) is 0 Å². The van der Waals surface area contributed by atoms with Crippen LogP contribution in [-0.4, -0.2) is 49.5 Å². The molecule has 2 aromatic heterocycles. The zero-order valence-corrected chi connectivity index (χ0v) is 16.8. The van der Waals surface area contributed by atoms with Gasteiger partial charge in [-0.25, -0.2) is 15.0 Å². The number of carbonyl (C=O) groups is 1. The van der Waals surface area contributed by atoms with Crippen LogP contribution in [0.1, 0.15) is 42.0 Å². The van der Waals surface area contributed by atoms with Crippen LogP contribution in [0, 0.1) is 6.92 Å². The van der Waals surface area contributed by atoms with Crippen molar-refractivity contribution in [3.63, 3.8) is 0 Å². The summed E-state index contributed by atoms with van der Waals surface area (Å²) in [5.41, 5.74) is 1.47. The molecule has 1 fully saturated rings. The van der Waals surface area contributed by atoms with Gasteiger partial charge in [0.2, 0.25) is 0 Å². The standard InChI is InChI=1S/C22H26N6O/c1-16-23-13-12-21(25-16)26-17-8-10-18(11-9-17)27(2)22(29)20-14-28(15-24-20)19-6-4-3-5-7-19/h3-7,12-15,17-18H,8-11H2,1-2H3,(H,23,25,26). The summed E-state index contributed by atoms with van der Waals surface area (Å²) < 4.78 is 1.88. The Bertz CT molecular complexity index is 962. The molecule has 7 heteroatoms. The Morgan fingerprint density at radius 2 is 1.86 bits per heavy atom. The molecule has 0 aliphatic heterocycles. The Morgan fingerprint density at radius 3 is 2.59 bits per heavy atom. The average Bonchev–Trinajstić information content (AvgIpc) is 3.24. The molecule has 1 aliphatic carbocycles. The number of anilines is 1. The summed E-state index contributed by atoms with van der Waals surface area (Å²) in [5, 5.41) is 3.49. The second-order valence-corrected chi connectivity index (χ2v) is 7.56. The maximum Gasteiger partial charge on any atom is 0.274 e. The van der Waals surface area contributed by atoms with E-state index >= 15 is 0 Å². The van der Waals surface area contributed by atoms with Crippen LogP contribution >= 0.6 is 0 Å². The second-order valence-electron chi connectivity index (χ2n) is 7.56. The summed E-state index contributed by atoms with van der Waals surface area (Å²) in [7, 11) is 1.88. The minimum atomic E-state index is -0.0254. The van der Waals surface area contributed by atoms with E-state index in [0.717, 1.165) is 43.0 Å². The number of carbonyl (C=O) groups excluding carboxylic acids is 1. The van der Waals surface area contributed by atoms with Crippen LogP contribution < -0.4 is 5.32 Å². The molecule has 2 heterocycles. The molecule has 0 atom stereocenters. The summed E-state index contributed by atoms with van der Waals surface area (Å²) in [6.07, 6.45) is 9.21. The highest BCUT2D eigenvalue weighted by molar-refractivity contribution is 5.92. The van der Waals surface area contributed by atoms with Crippen LogP contribution in [0.2, 0.25) is 0 Å². The van der Waals surface area contributed by atoms with E-state index in [1.807, 2.05) is 59.8 Å². The predicted octanol–water partition coefficient (Wildman–Crippen LogP) is 3.47. The molecule has 150 valence electrons. The van der Waals surface area contributed by atoms with Crippen LogP contribution in [0.4, 0.5) is 5.82 Å². The fourth-order valence-corrected chi connectivity index (χ4v) is 3.87. The molecule has 7 nitrogen and oxygen atoms in total. The Hall–Kier alpha value is -3.22. The largest absolute Gasteiger partial charge is 0.367 e. The van der Waals surface area contributed by atoms with Gasteiger partial charge in [0.25, 0.3) is 5.91 Å². The van der Waals surface area contributed by atoms with E-state index in [9.17, 15) is 4.79 Å². The third-order valence-electron chi connectivity index (χ3n) is 5.55. The van der Waals surface area contributed by atoms with Gasteiger partial charge in [0.15, 0.2) is 0 Å². The predicted molar refractivity (Wildman–Crippen MR) is 112 cm³/mol. The molecule has 1 aromatic carbocycles. The average molecular weight is 390 g/mol. The Balaban J connectivity index is 1.34. The molecule has 1 aliphatic rings. The summed E-state index contributed by atoms with van der Waals surface area (Å²) in [4.78, 5) is 27.7. The van der Waals surface area contributed by atoms with Crippen molar-refractivity contribution < 1.29 is 4.79 Å². The van der Waals surface area contributed by atoms with Crippen molar-refractivity contribution in [2.45, 2.75) is 44.7 Å². The number of amides is 1. The molecular weight excluding hydrogens is 364 g/mol. The molecule has 0 bridgehead atoms. The first-order valence-electron chi connectivity index (χ1n) is 10.0. The molecule has 0 spiro atoms. The van der Waals surface area contributed by atoms with Gasteiger partial charge in [-0.15, -0.1) is 0 Å². The topological polar surface area (TPSA) is 75.9 Å². The van der Waals surface area contributed by atoms with E-state index in [-0.39, 0.29) is 11.9 Å². The van der Waals surface area contributed by atoms with E-state index in [1.165, 1.54) is 0 Å². The van der Waals surface area contributed by atoms with Crippen molar-refractivity contribution in [2.24, 2.45) is 0 Å². The highest BCUT2D eigenvalue weighted by Gasteiger charge is 2.28. The highest BCUT2D eigenvalue weighted by atomic mass is 16.2. The number of hydrogen-bond donors (Lipinski definition) is 1. The number of imidazole rings is 1. The van der Waals surface area contributed by atoms with E-state index in [2.05, 4.69) is 20.3 Å². The number of nitrogens with zero attached hydrogens (tertiary/aromatic N) is 5. The van der Waals surface area contributed by atoms with E-state index < -0.39 is 0 Å². The minimum absolute atomic E-state index is 0.0254. The van der Waals surface area contributed by atoms with Crippen molar-refractivity contribution in [3.05, 3.63) is 66.6 Å². The fourth-order valence-electron chi connectivity index (χ4n) is 3.87. The molecule has 0 unspecified atom stereocenters. The van der Waals surface area contributed by atoms with Gasteiger partial charge in [-0.2, -0.15) is 0 Å². The van der Waals surface area contributed by atoms with Gasteiger partial charge in [-0.3, -0.25) is 4.79 Å². The molecule has 1 N–H and O–H groups in total. The molecule has 3 aromatic rings. The zero-order valence-electron chi connectivity index (χ0n) is 16.8. The minimum Gasteiger partial charge on any atom is -0.367 e. The van der Waals surface area contributed by atoms with Gasteiger partial charge >= 0.3 is 0 Å². The SMILES string of the molecule is Cc1nccc(NC2CCC(N(C)C(=O)c3cn(-c4ccccc4)cn3)CC2)n1. The summed E-state index contributed by atoms with van der Waals surface area (Å²) in [5.74, 6) is 1.61. The quantitative estimate of drug-likeness (QED) is 0.722. The molecule has 29 heavy (non-hydrogen) atoms. The monoisotopic (exact) mass is 390 g/mol. The maximum absolute atomic E-state index is 12.9. The van der Waals surface area contributed by atoms with Crippen LogP contribution in [-0.2, 0) is 0 Å². The van der Waals surface area contributed by atoms with Crippen LogP contribution in [0.5, 0.6) is 0 Å². The van der Waals surface area contributed by atoms with Gasteiger partial charge in [0, 0.05) is 37.2 Å². The molecule has 0 radical (unpaired) electrons. The van der Waals surface area contributed by atoms with Gasteiger partial charge in [-0.1, -0.05) is 18.2 Å². The second kappa shape index (κ2) is 8.43. The maximum atomic E-state index is 12.9. The Labute approximate surface area is 170 Å². The number of nitrogens with one attached hydrogen (secondary N) is 1. The number of rotatable bonds is 5. The van der Waals surface area contributed by atoms with E-state index in [1.54, 1.807) is 18.7 Å². The lowest BCUT2D eigenvalue weighted by Crippen LogP contribution is -2.41. The summed E-state index contributed by atoms with van der Waals surface area (Å²) >= 11 is 0. The Kier molecular flexibility index (Phi) is 5.55. The first-order chi connectivity index (χ1) is 14.1. The van der Waals surface area contributed by atoms with Crippen molar-refractivity contribution in [2.75, 3.05) is 12.4 Å². The molecule has 4 rings (SSSR count). The molecular formula is C22H26N6O. The highest BCUT2D eigenvalue weighted by Crippen LogP contribution is 2.25. The summed E-state index contributed by atoms with van der Waals surface area (Å²) in [6, 6.07) is 12.4. The lowest BCUT2D eigenvalue weighted by atomic mass is 9.90. The number of para-hydroxylation sites is 1. The van der Waals surface area contributed by atoms with Crippen molar-refractivity contribution in [3.8, 4) is 5.69 Å². The van der Waals surface area contributed by atoms with E-state index in [4.69, 9.17) is 0 Å². The number of aromatic nitrogens is 4. The number of aryl methyl sites for hydroxylation is 1. The van der Waals surface area contributed by atoms with Crippen molar-refractivity contribution in [1.82, 2.24) is 24.4 Å².